The largest absolute Gasteiger partial charge is 0.493 e. The van der Waals surface area contributed by atoms with Crippen molar-refractivity contribution in [1.29, 1.82) is 0 Å². The third kappa shape index (κ3) is 5.78. The lowest BCUT2D eigenvalue weighted by Crippen LogP contribution is -2.22. The number of hydrogen-bond acceptors (Lipinski definition) is 5. The molecule has 1 saturated heterocycles. The molecular weight excluding hydrogens is 394 g/mol. The summed E-state index contributed by atoms with van der Waals surface area (Å²) in [4.78, 5) is 12.4. The van der Waals surface area contributed by atoms with Crippen LogP contribution in [0.5, 0.6) is 17.2 Å². The molecule has 1 aliphatic heterocycles. The molecule has 2 aromatic rings. The number of benzene rings is 2. The molecular formula is C22H26ClNO5. The van der Waals surface area contributed by atoms with Gasteiger partial charge in [0.15, 0.2) is 11.5 Å². The van der Waals surface area contributed by atoms with E-state index in [4.69, 9.17) is 30.5 Å². The third-order valence-electron chi connectivity index (χ3n) is 4.61. The number of nitrogens with one attached hydrogen (secondary N) is 1. The van der Waals surface area contributed by atoms with E-state index < -0.39 is 0 Å². The zero-order valence-electron chi connectivity index (χ0n) is 16.7. The maximum atomic E-state index is 12.4. The molecule has 1 atom stereocenters. The van der Waals surface area contributed by atoms with Crippen molar-refractivity contribution in [2.45, 2.75) is 32.4 Å². The average Bonchev–Trinajstić information content (AvgIpc) is 3.26. The summed E-state index contributed by atoms with van der Waals surface area (Å²) in [7, 11) is 1.55. The van der Waals surface area contributed by atoms with Gasteiger partial charge in [0.05, 0.1) is 24.8 Å². The van der Waals surface area contributed by atoms with E-state index in [0.29, 0.717) is 41.8 Å². The van der Waals surface area contributed by atoms with Crippen molar-refractivity contribution in [1.82, 2.24) is 5.32 Å². The molecule has 0 bridgehead atoms. The second kappa shape index (κ2) is 10.4. The molecule has 156 valence electrons. The van der Waals surface area contributed by atoms with Crippen molar-refractivity contribution >= 4 is 17.5 Å². The minimum absolute atomic E-state index is 0.163. The molecule has 1 amide bonds. The second-order valence-corrected chi connectivity index (χ2v) is 7.10. The second-order valence-electron chi connectivity index (χ2n) is 6.70. The topological polar surface area (TPSA) is 66.0 Å². The van der Waals surface area contributed by atoms with Crippen LogP contribution in [0.4, 0.5) is 0 Å². The Labute approximate surface area is 176 Å². The Morgan fingerprint density at radius 3 is 2.69 bits per heavy atom. The van der Waals surface area contributed by atoms with Crippen LogP contribution in [0.25, 0.3) is 0 Å². The minimum Gasteiger partial charge on any atom is -0.493 e. The van der Waals surface area contributed by atoms with Crippen LogP contribution in [0.2, 0.25) is 5.02 Å². The maximum Gasteiger partial charge on any atom is 0.251 e. The van der Waals surface area contributed by atoms with Gasteiger partial charge in [-0.05, 0) is 61.7 Å². The Hall–Kier alpha value is -2.44. The predicted molar refractivity (Wildman–Crippen MR) is 111 cm³/mol. The van der Waals surface area contributed by atoms with E-state index in [0.717, 1.165) is 30.8 Å². The summed E-state index contributed by atoms with van der Waals surface area (Å²) in [6.45, 7) is 4.02. The van der Waals surface area contributed by atoms with Gasteiger partial charge in [-0.25, -0.2) is 0 Å². The van der Waals surface area contributed by atoms with Gasteiger partial charge in [0.25, 0.3) is 5.91 Å². The molecule has 6 nitrogen and oxygen atoms in total. The van der Waals surface area contributed by atoms with Crippen molar-refractivity contribution in [2.75, 3.05) is 26.9 Å². The fourth-order valence-corrected chi connectivity index (χ4v) is 3.40. The fraction of sp³-hybridized carbons (Fsp3) is 0.409. The number of halogens is 1. The van der Waals surface area contributed by atoms with Crippen molar-refractivity contribution < 1.29 is 23.7 Å². The molecule has 3 rings (SSSR count). The molecule has 0 saturated carbocycles. The molecule has 1 N–H and O–H groups in total. The molecule has 7 heteroatoms. The Morgan fingerprint density at radius 2 is 2.03 bits per heavy atom. The lowest BCUT2D eigenvalue weighted by molar-refractivity contribution is 0.0679. The van der Waals surface area contributed by atoms with Gasteiger partial charge >= 0.3 is 0 Å². The Morgan fingerprint density at radius 1 is 1.24 bits per heavy atom. The maximum absolute atomic E-state index is 12.4. The Balaban J connectivity index is 1.55. The number of carbonyl (C=O) groups is 1. The molecule has 1 heterocycles. The number of hydrogen-bond donors (Lipinski definition) is 1. The minimum atomic E-state index is -0.181. The van der Waals surface area contributed by atoms with E-state index in [2.05, 4.69) is 5.32 Å². The Bertz CT molecular complexity index is 819. The molecule has 29 heavy (non-hydrogen) atoms. The van der Waals surface area contributed by atoms with E-state index in [1.54, 1.807) is 43.5 Å². The first-order valence-electron chi connectivity index (χ1n) is 9.72. The average molecular weight is 420 g/mol. The van der Waals surface area contributed by atoms with Gasteiger partial charge in [0.1, 0.15) is 12.4 Å². The highest BCUT2D eigenvalue weighted by Crippen LogP contribution is 2.36. The normalized spacial score (nSPS) is 15.8. The molecule has 1 aliphatic rings. The van der Waals surface area contributed by atoms with Crippen molar-refractivity contribution in [2.24, 2.45) is 0 Å². The number of ether oxygens (including phenoxy) is 4. The third-order valence-corrected chi connectivity index (χ3v) is 4.89. The van der Waals surface area contributed by atoms with E-state index in [1.807, 2.05) is 6.92 Å². The fourth-order valence-electron chi connectivity index (χ4n) is 3.11. The van der Waals surface area contributed by atoms with Gasteiger partial charge in [-0.15, -0.1) is 0 Å². The molecule has 1 unspecified atom stereocenters. The van der Waals surface area contributed by atoms with Crippen LogP contribution in [0.3, 0.4) is 0 Å². The first-order valence-corrected chi connectivity index (χ1v) is 10.1. The lowest BCUT2D eigenvalue weighted by atomic mass is 10.1. The lowest BCUT2D eigenvalue weighted by Gasteiger charge is -2.14. The summed E-state index contributed by atoms with van der Waals surface area (Å²) in [5, 5.41) is 3.33. The van der Waals surface area contributed by atoms with E-state index in [1.165, 1.54) is 0 Å². The van der Waals surface area contributed by atoms with Crippen LogP contribution in [-0.4, -0.2) is 38.9 Å². The number of methoxy groups -OCH3 is 1. The van der Waals surface area contributed by atoms with Gasteiger partial charge in [-0.2, -0.15) is 0 Å². The van der Waals surface area contributed by atoms with Crippen LogP contribution in [0.1, 0.15) is 35.7 Å². The first-order chi connectivity index (χ1) is 14.1. The van der Waals surface area contributed by atoms with Crippen molar-refractivity contribution in [3.8, 4) is 17.2 Å². The van der Waals surface area contributed by atoms with Crippen LogP contribution in [0.15, 0.2) is 36.4 Å². The van der Waals surface area contributed by atoms with Gasteiger partial charge in [0.2, 0.25) is 0 Å². The monoisotopic (exact) mass is 419 g/mol. The first kappa shape index (κ1) is 21.3. The van der Waals surface area contributed by atoms with Gasteiger partial charge in [-0.1, -0.05) is 11.6 Å². The quantitative estimate of drug-likeness (QED) is 0.658. The van der Waals surface area contributed by atoms with E-state index in [-0.39, 0.29) is 12.0 Å². The smallest absolute Gasteiger partial charge is 0.251 e. The summed E-state index contributed by atoms with van der Waals surface area (Å²) in [6, 6.07) is 10.6. The van der Waals surface area contributed by atoms with Crippen LogP contribution < -0.4 is 19.5 Å². The highest BCUT2D eigenvalue weighted by Gasteiger charge is 2.16. The summed E-state index contributed by atoms with van der Waals surface area (Å²) in [5.74, 6) is 1.58. The summed E-state index contributed by atoms with van der Waals surface area (Å²) < 4.78 is 22.1. The number of amides is 1. The zero-order valence-corrected chi connectivity index (χ0v) is 17.5. The number of carbonyl (C=O) groups excluding carboxylic acids is 1. The molecule has 1 fully saturated rings. The molecule has 0 aromatic heterocycles. The van der Waals surface area contributed by atoms with E-state index in [9.17, 15) is 4.79 Å². The predicted octanol–water partition coefficient (Wildman–Crippen LogP) is 4.24. The SMILES string of the molecule is CCOc1c(Cl)cc(CNC(=O)c2ccc(OCC3CCCO3)cc2)cc1OC. The van der Waals surface area contributed by atoms with E-state index >= 15 is 0 Å². The molecule has 0 radical (unpaired) electrons. The summed E-state index contributed by atoms with van der Waals surface area (Å²) >= 11 is 6.28. The highest BCUT2D eigenvalue weighted by molar-refractivity contribution is 6.32. The number of rotatable bonds is 9. The van der Waals surface area contributed by atoms with Crippen LogP contribution in [0, 0.1) is 0 Å². The van der Waals surface area contributed by atoms with Gasteiger partial charge in [0, 0.05) is 18.7 Å². The van der Waals surface area contributed by atoms with Crippen LogP contribution in [-0.2, 0) is 11.3 Å². The highest BCUT2D eigenvalue weighted by atomic mass is 35.5. The van der Waals surface area contributed by atoms with Gasteiger partial charge in [-0.3, -0.25) is 4.79 Å². The molecule has 0 aliphatic carbocycles. The van der Waals surface area contributed by atoms with Crippen molar-refractivity contribution in [3.63, 3.8) is 0 Å². The van der Waals surface area contributed by atoms with Crippen molar-refractivity contribution in [3.05, 3.63) is 52.5 Å². The van der Waals surface area contributed by atoms with Gasteiger partial charge < -0.3 is 24.3 Å². The standard InChI is InChI=1S/C22H26ClNO5/c1-3-27-21-19(23)11-15(12-20(21)26-2)13-24-22(25)16-6-8-17(9-7-16)29-14-18-5-4-10-28-18/h6-9,11-12,18H,3-5,10,13-14H2,1-2H3,(H,24,25). The molecule has 0 spiro atoms. The Kier molecular flexibility index (Phi) is 7.61. The van der Waals surface area contributed by atoms with Crippen LogP contribution >= 0.6 is 11.6 Å². The summed E-state index contributed by atoms with van der Waals surface area (Å²) in [5.41, 5.74) is 1.37. The summed E-state index contributed by atoms with van der Waals surface area (Å²) in [6.07, 6.45) is 2.27. The molecule has 2 aromatic carbocycles. The zero-order chi connectivity index (χ0) is 20.6.